The molecule has 2 N–H and O–H groups in total. The molecule has 0 fully saturated rings. The number of rotatable bonds is 34. The fourth-order valence-corrected chi connectivity index (χ4v) is 8.01. The summed E-state index contributed by atoms with van der Waals surface area (Å²) < 4.78 is 2.97. The van der Waals surface area contributed by atoms with Crippen molar-refractivity contribution in [2.75, 3.05) is 0 Å². The van der Waals surface area contributed by atoms with Crippen molar-refractivity contribution in [3.63, 3.8) is 0 Å². The van der Waals surface area contributed by atoms with Crippen molar-refractivity contribution in [3.8, 4) is 11.4 Å². The molecule has 1 aromatic heterocycles. The smallest absolute Gasteiger partial charge is 0.311 e. The Hall–Kier alpha value is -2.97. The predicted molar refractivity (Wildman–Crippen MR) is 227 cm³/mol. The van der Waals surface area contributed by atoms with E-state index in [1.807, 2.05) is 0 Å². The Kier molecular flexibility index (Phi) is 23.9. The maximum atomic E-state index is 13.7. The van der Waals surface area contributed by atoms with Gasteiger partial charge in [-0.25, -0.2) is 9.59 Å². The Morgan fingerprint density at radius 1 is 0.463 bits per heavy atom. The first kappa shape index (κ1) is 45.4. The van der Waals surface area contributed by atoms with Crippen LogP contribution < -0.4 is 22.5 Å². The van der Waals surface area contributed by atoms with E-state index in [1.54, 1.807) is 4.57 Å². The number of hydrogen-bond acceptors (Lipinski definition) is 5. The SMILES string of the molecule is CCCCCCCCCCCCCCCCCCn1c(=O)[nH]c2c(cc3c(=O)[nH]c(=O)nc-3n2CCCCCCCCCCCCCCCCCC)c1=O. The van der Waals surface area contributed by atoms with Gasteiger partial charge in [0.25, 0.3) is 11.1 Å². The Balaban J connectivity index is 1.40. The van der Waals surface area contributed by atoms with E-state index in [9.17, 15) is 19.2 Å². The van der Waals surface area contributed by atoms with Crippen LogP contribution in [0.3, 0.4) is 0 Å². The van der Waals surface area contributed by atoms with Crippen molar-refractivity contribution in [2.45, 2.75) is 232 Å². The zero-order valence-corrected chi connectivity index (χ0v) is 34.6. The van der Waals surface area contributed by atoms with E-state index in [-0.39, 0.29) is 16.8 Å². The normalized spacial score (nSPS) is 11.7. The van der Waals surface area contributed by atoms with Crippen LogP contribution in [0.4, 0.5) is 0 Å². The minimum Gasteiger partial charge on any atom is -0.311 e. The first-order valence-corrected chi connectivity index (χ1v) is 22.8. The molecule has 0 saturated heterocycles. The van der Waals surface area contributed by atoms with E-state index in [1.165, 1.54) is 178 Å². The number of fused-ring (bicyclic) bond motifs is 2. The van der Waals surface area contributed by atoms with Crippen molar-refractivity contribution in [2.24, 2.45) is 0 Å². The first-order chi connectivity index (χ1) is 26.5. The van der Waals surface area contributed by atoms with E-state index < -0.39 is 22.5 Å². The van der Waals surface area contributed by atoms with Gasteiger partial charge in [0.2, 0.25) is 0 Å². The molecular weight excluding hydrogens is 675 g/mol. The minimum atomic E-state index is -0.730. The molecule has 0 bridgehead atoms. The molecular formula is C45H77N5O4. The van der Waals surface area contributed by atoms with Crippen molar-refractivity contribution in [3.05, 3.63) is 47.7 Å². The highest BCUT2D eigenvalue weighted by Crippen LogP contribution is 2.22. The van der Waals surface area contributed by atoms with Gasteiger partial charge in [-0.15, -0.1) is 0 Å². The Morgan fingerprint density at radius 3 is 1.20 bits per heavy atom. The standard InChI is InChI=1S/C45H77N5O4/c1-3-5-7-9-11-13-15-17-19-21-23-25-27-29-31-33-35-49-40-38(42(51)48-44(53)46-40)37-39-41(49)47-45(54)50(43(39)52)36-34-32-30-28-26-24-22-20-18-16-14-12-10-8-6-4-2/h37H,3-36H2,1-2H3,(H,47,54)(H,48,51,53). The number of aryl methyl sites for hydroxylation is 1. The van der Waals surface area contributed by atoms with Gasteiger partial charge in [-0.05, 0) is 18.9 Å². The number of nitrogens with one attached hydrogen (secondary N) is 2. The highest BCUT2D eigenvalue weighted by atomic mass is 16.2. The largest absolute Gasteiger partial charge is 0.349 e. The number of nitrogens with zero attached hydrogens (tertiary/aromatic N) is 3. The zero-order valence-electron chi connectivity index (χ0n) is 34.6. The molecule has 9 nitrogen and oxygen atoms in total. The van der Waals surface area contributed by atoms with Crippen molar-refractivity contribution in [1.29, 1.82) is 0 Å². The van der Waals surface area contributed by atoms with E-state index in [0.717, 1.165) is 38.5 Å². The molecule has 0 saturated carbocycles. The van der Waals surface area contributed by atoms with Crippen LogP contribution in [-0.2, 0) is 13.1 Å². The number of aromatic amines is 2. The summed E-state index contributed by atoms with van der Waals surface area (Å²) in [6.45, 7) is 5.34. The van der Waals surface area contributed by atoms with Crippen LogP contribution in [0, 0.1) is 0 Å². The second-order valence-corrected chi connectivity index (χ2v) is 16.2. The minimum absolute atomic E-state index is 0.191. The van der Waals surface area contributed by atoms with Crippen LogP contribution in [0.25, 0.3) is 22.4 Å². The van der Waals surface area contributed by atoms with Crippen LogP contribution in [0.1, 0.15) is 219 Å². The van der Waals surface area contributed by atoms with Crippen LogP contribution in [0.15, 0.2) is 25.2 Å². The number of aromatic nitrogens is 5. The molecule has 1 aromatic rings. The predicted octanol–water partition coefficient (Wildman–Crippen LogP) is 11.6. The van der Waals surface area contributed by atoms with Crippen molar-refractivity contribution >= 4 is 11.0 Å². The summed E-state index contributed by atoms with van der Waals surface area (Å²) >= 11 is 0. The summed E-state index contributed by atoms with van der Waals surface area (Å²) in [5.74, 6) is 0.211. The number of unbranched alkanes of at least 4 members (excludes halogenated alkanes) is 30. The van der Waals surface area contributed by atoms with Gasteiger partial charge in [0, 0.05) is 13.1 Å². The van der Waals surface area contributed by atoms with Gasteiger partial charge in [0.05, 0.1) is 10.9 Å². The Labute approximate surface area is 325 Å². The summed E-state index contributed by atoms with van der Waals surface area (Å²) in [6.07, 6.45) is 40.5. The van der Waals surface area contributed by atoms with E-state index in [0.29, 0.717) is 18.7 Å². The number of hydrogen-bond donors (Lipinski definition) is 2. The van der Waals surface area contributed by atoms with Gasteiger partial charge >= 0.3 is 11.4 Å². The van der Waals surface area contributed by atoms with Crippen molar-refractivity contribution in [1.82, 2.24) is 24.1 Å². The molecule has 2 aliphatic rings. The number of H-pyrrole nitrogens is 2. The molecule has 2 aliphatic heterocycles. The third kappa shape index (κ3) is 17.2. The summed E-state index contributed by atoms with van der Waals surface area (Å²) in [6, 6.07) is 1.49. The van der Waals surface area contributed by atoms with Gasteiger partial charge < -0.3 is 4.57 Å². The summed E-state index contributed by atoms with van der Waals surface area (Å²) in [4.78, 5) is 61.2. The molecule has 0 amide bonds. The molecule has 0 spiro atoms. The molecule has 0 unspecified atom stereocenters. The summed E-state index contributed by atoms with van der Waals surface area (Å²) in [7, 11) is 0. The Bertz CT molecular complexity index is 1620. The quantitative estimate of drug-likeness (QED) is 0.0464. The van der Waals surface area contributed by atoms with Gasteiger partial charge in [-0.2, -0.15) is 4.98 Å². The molecule has 54 heavy (non-hydrogen) atoms. The lowest BCUT2D eigenvalue weighted by molar-refractivity contribution is 0.513. The van der Waals surface area contributed by atoms with Gasteiger partial charge in [-0.3, -0.25) is 24.1 Å². The highest BCUT2D eigenvalue weighted by molar-refractivity contribution is 5.81. The summed E-state index contributed by atoms with van der Waals surface area (Å²) in [5, 5.41) is 0.279. The lowest BCUT2D eigenvalue weighted by atomic mass is 10.0. The monoisotopic (exact) mass is 752 g/mol. The summed E-state index contributed by atoms with van der Waals surface area (Å²) in [5.41, 5.74) is -1.63. The van der Waals surface area contributed by atoms with Crippen molar-refractivity contribution < 1.29 is 0 Å². The second kappa shape index (κ2) is 28.4. The van der Waals surface area contributed by atoms with Gasteiger partial charge in [-0.1, -0.05) is 206 Å². The lowest BCUT2D eigenvalue weighted by Gasteiger charge is -2.17. The van der Waals surface area contributed by atoms with Gasteiger partial charge in [0.1, 0.15) is 5.65 Å². The molecule has 0 radical (unpaired) electrons. The third-order valence-corrected chi connectivity index (χ3v) is 11.4. The third-order valence-electron chi connectivity index (χ3n) is 11.4. The topological polar surface area (TPSA) is 123 Å². The van der Waals surface area contributed by atoms with E-state index in [2.05, 4.69) is 28.8 Å². The molecule has 9 heteroatoms. The average molecular weight is 752 g/mol. The zero-order chi connectivity index (χ0) is 38.6. The maximum Gasteiger partial charge on any atom is 0.349 e. The average Bonchev–Trinajstić information content (AvgIpc) is 3.15. The molecule has 306 valence electrons. The van der Waals surface area contributed by atoms with Crippen LogP contribution in [0.5, 0.6) is 0 Å². The van der Waals surface area contributed by atoms with Crippen LogP contribution in [-0.4, -0.2) is 24.1 Å². The Morgan fingerprint density at radius 2 is 0.815 bits per heavy atom. The molecule has 3 heterocycles. The fraction of sp³-hybridized carbons (Fsp3) is 0.800. The van der Waals surface area contributed by atoms with Gasteiger partial charge in [0.15, 0.2) is 5.82 Å². The highest BCUT2D eigenvalue weighted by Gasteiger charge is 2.20. The second-order valence-electron chi connectivity index (χ2n) is 16.2. The molecule has 0 atom stereocenters. The maximum absolute atomic E-state index is 13.7. The molecule has 0 aromatic carbocycles. The van der Waals surface area contributed by atoms with Crippen LogP contribution in [0.2, 0.25) is 0 Å². The van der Waals surface area contributed by atoms with E-state index >= 15 is 0 Å². The number of pyridine rings is 1. The fourth-order valence-electron chi connectivity index (χ4n) is 8.01. The van der Waals surface area contributed by atoms with Crippen LogP contribution >= 0.6 is 0 Å². The van der Waals surface area contributed by atoms with E-state index in [4.69, 9.17) is 0 Å². The molecule has 0 aliphatic carbocycles. The lowest BCUT2D eigenvalue weighted by Crippen LogP contribution is -2.37. The first-order valence-electron chi connectivity index (χ1n) is 22.8. The molecule has 3 rings (SSSR count).